The smallest absolute Gasteiger partial charge is 0.345 e. The van der Waals surface area contributed by atoms with Crippen molar-refractivity contribution >= 4 is 17.5 Å². The van der Waals surface area contributed by atoms with Crippen LogP contribution in [0.25, 0.3) is 0 Å². The maximum Gasteiger partial charge on any atom is 0.416 e. The first-order chi connectivity index (χ1) is 9.24. The van der Waals surface area contributed by atoms with Crippen LogP contribution in [0.3, 0.4) is 0 Å². The third-order valence-electron chi connectivity index (χ3n) is 2.64. The quantitative estimate of drug-likeness (QED) is 0.840. The van der Waals surface area contributed by atoms with E-state index in [1.165, 1.54) is 6.07 Å². The fourth-order valence-electron chi connectivity index (χ4n) is 1.35. The standard InChI is InChI=1S/C13H15F3N2O2/c1-3-8(2)17-11(19)12(20)18-10-6-4-5-9(7-10)13(14,15)16/h4-8H,3H2,1-2H3,(H,17,19)(H,18,20). The number of nitrogens with one attached hydrogen (secondary N) is 2. The van der Waals surface area contributed by atoms with Crippen molar-refractivity contribution < 1.29 is 22.8 Å². The molecule has 0 aliphatic heterocycles. The first kappa shape index (κ1) is 16.0. The molecule has 20 heavy (non-hydrogen) atoms. The monoisotopic (exact) mass is 288 g/mol. The summed E-state index contributed by atoms with van der Waals surface area (Å²) in [5.74, 6) is -1.87. The molecule has 0 radical (unpaired) electrons. The number of alkyl halides is 3. The number of anilines is 1. The van der Waals surface area contributed by atoms with Gasteiger partial charge >= 0.3 is 18.0 Å². The number of hydrogen-bond acceptors (Lipinski definition) is 2. The van der Waals surface area contributed by atoms with Gasteiger partial charge in [0.05, 0.1) is 5.56 Å². The molecule has 0 heterocycles. The van der Waals surface area contributed by atoms with Crippen LogP contribution in [0.15, 0.2) is 24.3 Å². The number of carbonyl (C=O) groups excluding carboxylic acids is 2. The van der Waals surface area contributed by atoms with Gasteiger partial charge in [-0.1, -0.05) is 13.0 Å². The molecule has 0 saturated carbocycles. The van der Waals surface area contributed by atoms with Crippen molar-refractivity contribution in [3.05, 3.63) is 29.8 Å². The van der Waals surface area contributed by atoms with Gasteiger partial charge in [0.25, 0.3) is 0 Å². The van der Waals surface area contributed by atoms with Gasteiger partial charge in [0.1, 0.15) is 0 Å². The molecule has 2 N–H and O–H groups in total. The molecule has 1 atom stereocenters. The third-order valence-corrected chi connectivity index (χ3v) is 2.64. The largest absolute Gasteiger partial charge is 0.416 e. The van der Waals surface area contributed by atoms with Crippen LogP contribution >= 0.6 is 0 Å². The zero-order valence-electron chi connectivity index (χ0n) is 11.0. The Bertz CT molecular complexity index is 501. The fraction of sp³-hybridized carbons (Fsp3) is 0.385. The number of benzene rings is 1. The minimum atomic E-state index is -4.50. The van der Waals surface area contributed by atoms with Gasteiger partial charge in [0, 0.05) is 11.7 Å². The van der Waals surface area contributed by atoms with Gasteiger partial charge in [0.2, 0.25) is 0 Å². The highest BCUT2D eigenvalue weighted by molar-refractivity contribution is 6.39. The lowest BCUT2D eigenvalue weighted by Gasteiger charge is -2.12. The zero-order valence-corrected chi connectivity index (χ0v) is 11.0. The Balaban J connectivity index is 2.74. The van der Waals surface area contributed by atoms with Crippen molar-refractivity contribution in [1.82, 2.24) is 5.32 Å². The summed E-state index contributed by atoms with van der Waals surface area (Å²) < 4.78 is 37.5. The summed E-state index contributed by atoms with van der Waals surface area (Å²) in [5, 5.41) is 4.55. The Morgan fingerprint density at radius 1 is 1.25 bits per heavy atom. The van der Waals surface area contributed by atoms with Gasteiger partial charge in [-0.2, -0.15) is 13.2 Å². The van der Waals surface area contributed by atoms with Crippen LogP contribution < -0.4 is 10.6 Å². The summed E-state index contributed by atoms with van der Waals surface area (Å²) in [6, 6.07) is 3.91. The van der Waals surface area contributed by atoms with Crippen molar-refractivity contribution in [1.29, 1.82) is 0 Å². The Labute approximate surface area is 114 Å². The molecule has 0 saturated heterocycles. The third kappa shape index (κ3) is 4.56. The van der Waals surface area contributed by atoms with Crippen LogP contribution in [0, 0.1) is 0 Å². The van der Waals surface area contributed by atoms with Crippen LogP contribution in [0.5, 0.6) is 0 Å². The van der Waals surface area contributed by atoms with Crippen molar-refractivity contribution in [3.63, 3.8) is 0 Å². The van der Waals surface area contributed by atoms with Gasteiger partial charge in [-0.3, -0.25) is 9.59 Å². The highest BCUT2D eigenvalue weighted by atomic mass is 19.4. The first-order valence-corrected chi connectivity index (χ1v) is 6.03. The van der Waals surface area contributed by atoms with Crippen LogP contribution in [0.4, 0.5) is 18.9 Å². The minimum absolute atomic E-state index is 0.0795. The van der Waals surface area contributed by atoms with Crippen molar-refractivity contribution in [3.8, 4) is 0 Å². The molecule has 7 heteroatoms. The summed E-state index contributed by atoms with van der Waals surface area (Å²) in [6.07, 6.45) is -3.86. The van der Waals surface area contributed by atoms with Gasteiger partial charge in [-0.05, 0) is 31.5 Å². The molecule has 1 rings (SSSR count). The van der Waals surface area contributed by atoms with Gasteiger partial charge < -0.3 is 10.6 Å². The second-order valence-corrected chi connectivity index (χ2v) is 4.32. The molecule has 1 aromatic carbocycles. The molecule has 1 unspecified atom stereocenters. The second-order valence-electron chi connectivity index (χ2n) is 4.32. The van der Waals surface area contributed by atoms with E-state index in [9.17, 15) is 22.8 Å². The first-order valence-electron chi connectivity index (χ1n) is 6.03. The molecule has 0 aliphatic rings. The topological polar surface area (TPSA) is 58.2 Å². The van der Waals surface area contributed by atoms with Crippen molar-refractivity contribution in [2.45, 2.75) is 32.5 Å². The van der Waals surface area contributed by atoms with Crippen LogP contribution in [0.2, 0.25) is 0 Å². The zero-order chi connectivity index (χ0) is 15.3. The lowest BCUT2D eigenvalue weighted by molar-refractivity contribution is -0.137. The summed E-state index contributed by atoms with van der Waals surface area (Å²) in [7, 11) is 0. The Morgan fingerprint density at radius 2 is 1.90 bits per heavy atom. The highest BCUT2D eigenvalue weighted by Gasteiger charge is 2.30. The van der Waals surface area contributed by atoms with Crippen LogP contribution in [-0.2, 0) is 15.8 Å². The Hall–Kier alpha value is -2.05. The summed E-state index contributed by atoms with van der Waals surface area (Å²) >= 11 is 0. The summed E-state index contributed by atoms with van der Waals surface area (Å²) in [5.41, 5.74) is -0.971. The predicted octanol–water partition coefficient (Wildman–Crippen LogP) is 2.56. The SMILES string of the molecule is CCC(C)NC(=O)C(=O)Nc1cccc(C(F)(F)F)c1. The van der Waals surface area contributed by atoms with Gasteiger partial charge in [-0.25, -0.2) is 0 Å². The van der Waals surface area contributed by atoms with E-state index in [-0.39, 0.29) is 11.7 Å². The molecule has 0 bridgehead atoms. The van der Waals surface area contributed by atoms with Gasteiger partial charge in [-0.15, -0.1) is 0 Å². The average molecular weight is 288 g/mol. The Morgan fingerprint density at radius 3 is 2.45 bits per heavy atom. The molecule has 0 aliphatic carbocycles. The molecule has 0 spiro atoms. The van der Waals surface area contributed by atoms with E-state index in [1.807, 2.05) is 6.92 Å². The maximum atomic E-state index is 12.5. The number of rotatable bonds is 3. The molecule has 4 nitrogen and oxygen atoms in total. The van der Waals surface area contributed by atoms with E-state index in [0.717, 1.165) is 18.2 Å². The van der Waals surface area contributed by atoms with E-state index < -0.39 is 23.6 Å². The number of amides is 2. The van der Waals surface area contributed by atoms with Crippen LogP contribution in [0.1, 0.15) is 25.8 Å². The minimum Gasteiger partial charge on any atom is -0.345 e. The Kier molecular flexibility index (Phi) is 5.12. The number of hydrogen-bond donors (Lipinski definition) is 2. The normalized spacial score (nSPS) is 12.7. The lowest BCUT2D eigenvalue weighted by Crippen LogP contribution is -2.40. The average Bonchev–Trinajstić information content (AvgIpc) is 2.37. The molecule has 2 amide bonds. The molecule has 0 aromatic heterocycles. The van der Waals surface area contributed by atoms with Crippen LogP contribution in [-0.4, -0.2) is 17.9 Å². The number of carbonyl (C=O) groups is 2. The van der Waals surface area contributed by atoms with Crippen molar-refractivity contribution in [2.24, 2.45) is 0 Å². The highest BCUT2D eigenvalue weighted by Crippen LogP contribution is 2.30. The van der Waals surface area contributed by atoms with E-state index >= 15 is 0 Å². The lowest BCUT2D eigenvalue weighted by atomic mass is 10.2. The van der Waals surface area contributed by atoms with E-state index in [1.54, 1.807) is 6.92 Å². The van der Waals surface area contributed by atoms with Gasteiger partial charge in [0.15, 0.2) is 0 Å². The summed E-state index contributed by atoms with van der Waals surface area (Å²) in [4.78, 5) is 23.0. The van der Waals surface area contributed by atoms with E-state index in [0.29, 0.717) is 6.42 Å². The number of halogens is 3. The summed E-state index contributed by atoms with van der Waals surface area (Å²) in [6.45, 7) is 3.55. The molecular formula is C13H15F3N2O2. The van der Waals surface area contributed by atoms with Crippen molar-refractivity contribution in [2.75, 3.05) is 5.32 Å². The molecule has 110 valence electrons. The maximum absolute atomic E-state index is 12.5. The van der Waals surface area contributed by atoms with E-state index in [2.05, 4.69) is 10.6 Å². The molecule has 0 fully saturated rings. The molecular weight excluding hydrogens is 273 g/mol. The fourth-order valence-corrected chi connectivity index (χ4v) is 1.35. The second kappa shape index (κ2) is 6.40. The molecule has 1 aromatic rings. The van der Waals surface area contributed by atoms with E-state index in [4.69, 9.17) is 0 Å². The predicted molar refractivity (Wildman–Crippen MR) is 68.0 cm³/mol.